The summed E-state index contributed by atoms with van der Waals surface area (Å²) in [5.41, 5.74) is 10.5. The van der Waals surface area contributed by atoms with Crippen molar-refractivity contribution in [3.05, 3.63) is 102 Å². The summed E-state index contributed by atoms with van der Waals surface area (Å²) in [5.74, 6) is 1.67. The summed E-state index contributed by atoms with van der Waals surface area (Å²) in [6.45, 7) is 22.1. The maximum absolute atomic E-state index is 13.4. The highest BCUT2D eigenvalue weighted by Gasteiger charge is 2.31. The van der Waals surface area contributed by atoms with Crippen molar-refractivity contribution in [2.45, 2.75) is 119 Å². The largest absolute Gasteiger partial charge is 0.444 e. The highest BCUT2D eigenvalue weighted by Crippen LogP contribution is 2.35. The molecule has 2 fully saturated rings. The maximum atomic E-state index is 13.4. The third-order valence-corrected chi connectivity index (χ3v) is 15.3. The van der Waals surface area contributed by atoms with Gasteiger partial charge in [-0.3, -0.25) is 9.59 Å². The van der Waals surface area contributed by atoms with Crippen LogP contribution in [-0.4, -0.2) is 96.6 Å². The normalized spacial score (nSPS) is 17.2. The first kappa shape index (κ1) is 45.1. The predicted molar refractivity (Wildman–Crippen MR) is 260 cm³/mol. The van der Waals surface area contributed by atoms with E-state index in [9.17, 15) is 14.4 Å². The topological polar surface area (TPSA) is 118 Å². The second kappa shape index (κ2) is 18.7. The van der Waals surface area contributed by atoms with Crippen molar-refractivity contribution in [3.8, 4) is 0 Å². The molecule has 0 aliphatic carbocycles. The van der Waals surface area contributed by atoms with E-state index in [0.717, 1.165) is 139 Å². The number of rotatable bonds is 6. The standard InChI is InChI=1S/C28H36N4O3S.C23H28N4OS/c1-18-8-11-30(12-9-18)26(33)20-6-7-24-22(14-20)23-16-31(27(34)35-28(3,4)5)13-10-25(23)32(24)15-21-17-36-19(2)29-21;1-15-6-9-26(10-7-15)23(28)17-3-4-21-19(11-17)20-12-24-8-5-22(20)27(21)13-18-14-29-16(2)25-18/h6-7,14,17-18H,8-13,15-16H2,1-5H3;3-4,11,14-15,24H,5-10,12-13H2,1-2H3. The quantitative estimate of drug-likeness (QED) is 0.177. The van der Waals surface area contributed by atoms with Crippen LogP contribution in [0.5, 0.6) is 0 Å². The van der Waals surface area contributed by atoms with Crippen LogP contribution in [0.1, 0.15) is 125 Å². The van der Waals surface area contributed by atoms with E-state index < -0.39 is 5.60 Å². The Labute approximate surface area is 391 Å². The zero-order valence-electron chi connectivity index (χ0n) is 39.2. The summed E-state index contributed by atoms with van der Waals surface area (Å²) in [4.78, 5) is 54.5. The monoisotopic (exact) mass is 916 g/mol. The molecule has 2 saturated heterocycles. The molecule has 2 aromatic carbocycles. The number of carbonyl (C=O) groups excluding carboxylic acids is 3. The van der Waals surface area contributed by atoms with E-state index in [1.54, 1.807) is 27.6 Å². The van der Waals surface area contributed by atoms with Crippen LogP contribution in [0.3, 0.4) is 0 Å². The van der Waals surface area contributed by atoms with Crippen molar-refractivity contribution in [1.82, 2.24) is 39.1 Å². The van der Waals surface area contributed by atoms with E-state index in [4.69, 9.17) is 9.72 Å². The number of amides is 3. The van der Waals surface area contributed by atoms with Crippen molar-refractivity contribution in [1.29, 1.82) is 0 Å². The molecular formula is C51H64N8O4S2. The molecule has 6 aromatic rings. The summed E-state index contributed by atoms with van der Waals surface area (Å²) in [6, 6.07) is 12.4. The molecule has 4 aliphatic heterocycles. The minimum Gasteiger partial charge on any atom is -0.444 e. The zero-order chi connectivity index (χ0) is 45.6. The molecule has 0 unspecified atom stereocenters. The average Bonchev–Trinajstić information content (AvgIpc) is 4.06. The van der Waals surface area contributed by atoms with Crippen LogP contribution in [0.15, 0.2) is 47.2 Å². The van der Waals surface area contributed by atoms with Gasteiger partial charge in [0.1, 0.15) is 5.60 Å². The number of ether oxygens (including phenoxy) is 1. The van der Waals surface area contributed by atoms with Gasteiger partial charge < -0.3 is 33.9 Å². The molecule has 4 aromatic heterocycles. The number of nitrogens with zero attached hydrogens (tertiary/aromatic N) is 7. The van der Waals surface area contributed by atoms with Crippen LogP contribution in [0.25, 0.3) is 21.8 Å². The lowest BCUT2D eigenvalue weighted by molar-refractivity contribution is 0.0223. The van der Waals surface area contributed by atoms with Gasteiger partial charge in [-0.15, -0.1) is 22.7 Å². The Morgan fingerprint density at radius 2 is 1.18 bits per heavy atom. The van der Waals surface area contributed by atoms with Gasteiger partial charge >= 0.3 is 6.09 Å². The molecule has 3 amide bonds. The molecular weight excluding hydrogens is 853 g/mol. The second-order valence-electron chi connectivity index (χ2n) is 19.7. The molecule has 0 radical (unpaired) electrons. The molecule has 0 spiro atoms. The minimum atomic E-state index is -0.542. The number of nitrogens with one attached hydrogen (secondary N) is 1. The predicted octanol–water partition coefficient (Wildman–Crippen LogP) is 9.59. The first-order chi connectivity index (χ1) is 31.2. The van der Waals surface area contributed by atoms with Crippen molar-refractivity contribution in [3.63, 3.8) is 0 Å². The number of hydrogen-bond donors (Lipinski definition) is 1. The summed E-state index contributed by atoms with van der Waals surface area (Å²) < 4.78 is 10.4. The maximum Gasteiger partial charge on any atom is 0.410 e. The first-order valence-corrected chi connectivity index (χ1v) is 25.3. The van der Waals surface area contributed by atoms with Gasteiger partial charge in [-0.05, 0) is 114 Å². The fraction of sp³-hybridized carbons (Fsp3) is 0.510. The van der Waals surface area contributed by atoms with Gasteiger partial charge in [-0.1, -0.05) is 13.8 Å². The molecule has 65 heavy (non-hydrogen) atoms. The van der Waals surface area contributed by atoms with Crippen LogP contribution in [0.4, 0.5) is 4.79 Å². The summed E-state index contributed by atoms with van der Waals surface area (Å²) >= 11 is 3.36. The van der Waals surface area contributed by atoms with E-state index in [-0.39, 0.29) is 17.9 Å². The first-order valence-electron chi connectivity index (χ1n) is 23.6. The van der Waals surface area contributed by atoms with Gasteiger partial charge in [0.15, 0.2) is 0 Å². The summed E-state index contributed by atoms with van der Waals surface area (Å²) in [6.07, 6.45) is 5.78. The fourth-order valence-electron chi connectivity index (χ4n) is 10.0. The smallest absolute Gasteiger partial charge is 0.410 e. The lowest BCUT2D eigenvalue weighted by Crippen LogP contribution is -2.40. The van der Waals surface area contributed by atoms with E-state index in [2.05, 4.69) is 69.2 Å². The lowest BCUT2D eigenvalue weighted by atomic mass is 9.98. The van der Waals surface area contributed by atoms with Gasteiger partial charge in [-0.25, -0.2) is 14.8 Å². The van der Waals surface area contributed by atoms with Crippen molar-refractivity contribution >= 4 is 62.4 Å². The van der Waals surface area contributed by atoms with Gasteiger partial charge in [0.05, 0.1) is 41.0 Å². The summed E-state index contributed by atoms with van der Waals surface area (Å²) in [7, 11) is 0. The highest BCUT2D eigenvalue weighted by atomic mass is 32.1. The second-order valence-corrected chi connectivity index (χ2v) is 21.9. The molecule has 1 N–H and O–H groups in total. The molecule has 344 valence electrons. The number of likely N-dealkylation sites (tertiary alicyclic amines) is 2. The van der Waals surface area contributed by atoms with Crippen molar-refractivity contribution < 1.29 is 19.1 Å². The number of aromatic nitrogens is 4. The van der Waals surface area contributed by atoms with Gasteiger partial charge in [0.25, 0.3) is 11.8 Å². The Morgan fingerprint density at radius 1 is 0.692 bits per heavy atom. The van der Waals surface area contributed by atoms with Crippen molar-refractivity contribution in [2.24, 2.45) is 11.8 Å². The van der Waals surface area contributed by atoms with Gasteiger partial charge in [0, 0.05) is 119 Å². The zero-order valence-corrected chi connectivity index (χ0v) is 40.8. The number of benzene rings is 2. The Kier molecular flexibility index (Phi) is 13.0. The van der Waals surface area contributed by atoms with Crippen LogP contribution < -0.4 is 5.32 Å². The molecule has 14 heteroatoms. The molecule has 8 heterocycles. The SMILES string of the molecule is Cc1nc(Cn2c3c(c4cc(C(=O)N5CCC(C)CC5)ccc42)CN(C(=O)OC(C)(C)C)CC3)cs1.Cc1nc(Cn2c3c(c4cc(C(=O)N5CCC(C)CC5)ccc42)CNCC3)cs1. The van der Waals surface area contributed by atoms with Crippen LogP contribution in [0.2, 0.25) is 0 Å². The van der Waals surface area contributed by atoms with Crippen molar-refractivity contribution in [2.75, 3.05) is 39.3 Å². The Morgan fingerprint density at radius 3 is 1.66 bits per heavy atom. The molecule has 12 nitrogen and oxygen atoms in total. The number of thiazole rings is 2. The van der Waals surface area contributed by atoms with E-state index >= 15 is 0 Å². The third-order valence-electron chi connectivity index (χ3n) is 13.6. The van der Waals surface area contributed by atoms with E-state index in [1.165, 1.54) is 27.9 Å². The third kappa shape index (κ3) is 9.76. The van der Waals surface area contributed by atoms with E-state index in [1.807, 2.05) is 55.7 Å². The Hall–Kier alpha value is -5.05. The molecule has 0 atom stereocenters. The number of carbonyl (C=O) groups is 3. The van der Waals surface area contributed by atoms with Crippen LogP contribution in [-0.2, 0) is 43.8 Å². The van der Waals surface area contributed by atoms with Crippen LogP contribution >= 0.6 is 22.7 Å². The number of piperidine rings is 2. The lowest BCUT2D eigenvalue weighted by Gasteiger charge is -2.31. The Bertz CT molecular complexity index is 2720. The molecule has 0 saturated carbocycles. The van der Waals surface area contributed by atoms with Gasteiger partial charge in [-0.2, -0.15) is 0 Å². The highest BCUT2D eigenvalue weighted by molar-refractivity contribution is 7.09. The van der Waals surface area contributed by atoms with E-state index in [0.29, 0.717) is 25.6 Å². The summed E-state index contributed by atoms with van der Waals surface area (Å²) in [5, 5.41) is 12.2. The fourth-order valence-corrected chi connectivity index (χ4v) is 11.2. The average molecular weight is 917 g/mol. The Balaban J connectivity index is 0.000000168. The molecule has 4 aliphatic rings. The number of hydrogen-bond acceptors (Lipinski definition) is 9. The van der Waals surface area contributed by atoms with Gasteiger partial charge in [0.2, 0.25) is 0 Å². The molecule has 10 rings (SSSR count). The minimum absolute atomic E-state index is 0.0974. The number of fused-ring (bicyclic) bond motifs is 6. The number of aryl methyl sites for hydroxylation is 2. The van der Waals surface area contributed by atoms with Crippen LogP contribution in [0, 0.1) is 25.7 Å². The molecule has 0 bridgehead atoms.